The van der Waals surface area contributed by atoms with Crippen molar-refractivity contribution in [2.24, 2.45) is 0 Å². The Balaban J connectivity index is 1.90. The molecule has 1 saturated heterocycles. The second kappa shape index (κ2) is 7.63. The molecule has 0 aromatic heterocycles. The van der Waals surface area contributed by atoms with Crippen LogP contribution in [0.1, 0.15) is 18.9 Å². The number of carbonyl (C=O) groups is 3. The van der Waals surface area contributed by atoms with E-state index in [4.69, 9.17) is 16.3 Å². The summed E-state index contributed by atoms with van der Waals surface area (Å²) in [6.07, 6.45) is 0.142. The molecule has 0 radical (unpaired) electrons. The van der Waals surface area contributed by atoms with E-state index in [1.807, 2.05) is 0 Å². The summed E-state index contributed by atoms with van der Waals surface area (Å²) in [6, 6.07) is 5.50. The summed E-state index contributed by atoms with van der Waals surface area (Å²) in [6.45, 7) is 1.23. The van der Waals surface area contributed by atoms with Crippen molar-refractivity contribution in [3.8, 4) is 0 Å². The van der Waals surface area contributed by atoms with E-state index in [1.54, 1.807) is 0 Å². The zero-order valence-corrected chi connectivity index (χ0v) is 14.1. The van der Waals surface area contributed by atoms with Crippen molar-refractivity contribution in [1.82, 2.24) is 4.90 Å². The van der Waals surface area contributed by atoms with Gasteiger partial charge in [0, 0.05) is 19.1 Å². The molecule has 0 N–H and O–H groups in total. The number of rotatable bonds is 6. The fourth-order valence-electron chi connectivity index (χ4n) is 2.01. The lowest BCUT2D eigenvalue weighted by atomic mass is 10.2. The van der Waals surface area contributed by atoms with Crippen LogP contribution in [0, 0.1) is 10.1 Å². The topological polar surface area (TPSA) is 107 Å². The Morgan fingerprint density at radius 3 is 2.58 bits per heavy atom. The molecule has 0 aliphatic carbocycles. The zero-order chi connectivity index (χ0) is 17.9. The van der Waals surface area contributed by atoms with Crippen LogP contribution in [0.25, 0.3) is 0 Å². The Labute approximate surface area is 146 Å². The van der Waals surface area contributed by atoms with Crippen molar-refractivity contribution in [3.63, 3.8) is 0 Å². The molecule has 1 aromatic carbocycles. The first-order valence-corrected chi connectivity index (χ1v) is 8.13. The number of thioether (sulfide) groups is 1. The average molecular weight is 373 g/mol. The SMILES string of the molecule is CC(=O)S[C@@H]1CC(=O)N1C(Cl)C(=O)OCc1ccc([N+](=O)[O-])cc1. The molecule has 24 heavy (non-hydrogen) atoms. The molecule has 1 unspecified atom stereocenters. The smallest absolute Gasteiger partial charge is 0.345 e. The molecule has 0 saturated carbocycles. The Hall–Kier alpha value is -2.13. The van der Waals surface area contributed by atoms with Gasteiger partial charge < -0.3 is 9.64 Å². The maximum Gasteiger partial charge on any atom is 0.345 e. The molecule has 1 fully saturated rings. The molecule has 10 heteroatoms. The predicted octanol–water partition coefficient (Wildman–Crippen LogP) is 2.04. The van der Waals surface area contributed by atoms with Gasteiger partial charge in [0.2, 0.25) is 11.4 Å². The van der Waals surface area contributed by atoms with E-state index in [9.17, 15) is 24.5 Å². The van der Waals surface area contributed by atoms with E-state index in [-0.39, 0.29) is 29.7 Å². The number of nitrogens with zero attached hydrogens (tertiary/aromatic N) is 2. The fourth-order valence-corrected chi connectivity index (χ4v) is 3.35. The summed E-state index contributed by atoms with van der Waals surface area (Å²) in [5, 5.41) is 9.91. The van der Waals surface area contributed by atoms with Crippen LogP contribution in [-0.2, 0) is 25.7 Å². The van der Waals surface area contributed by atoms with Gasteiger partial charge in [-0.2, -0.15) is 0 Å². The van der Waals surface area contributed by atoms with Crippen LogP contribution in [0.4, 0.5) is 5.69 Å². The maximum absolute atomic E-state index is 12.0. The first-order valence-electron chi connectivity index (χ1n) is 6.82. The minimum absolute atomic E-state index is 0.0735. The van der Waals surface area contributed by atoms with E-state index in [1.165, 1.54) is 31.2 Å². The number of carbonyl (C=O) groups excluding carboxylic acids is 3. The number of alkyl halides is 1. The first kappa shape index (κ1) is 18.2. The highest BCUT2D eigenvalue weighted by Crippen LogP contribution is 2.33. The molecule has 2 rings (SSSR count). The second-order valence-electron chi connectivity index (χ2n) is 4.94. The Morgan fingerprint density at radius 2 is 2.08 bits per heavy atom. The van der Waals surface area contributed by atoms with E-state index in [0.29, 0.717) is 5.56 Å². The summed E-state index contributed by atoms with van der Waals surface area (Å²) in [5.41, 5.74) is -0.848. The summed E-state index contributed by atoms with van der Waals surface area (Å²) < 4.78 is 5.02. The number of likely N-dealkylation sites (tertiary alicyclic amines) is 1. The highest BCUT2D eigenvalue weighted by molar-refractivity contribution is 8.14. The normalized spacial score (nSPS) is 17.8. The largest absolute Gasteiger partial charge is 0.458 e. The molecule has 1 aromatic rings. The number of hydrogen-bond donors (Lipinski definition) is 0. The molecule has 1 amide bonds. The van der Waals surface area contributed by atoms with Gasteiger partial charge in [-0.3, -0.25) is 19.7 Å². The van der Waals surface area contributed by atoms with Gasteiger partial charge in [-0.1, -0.05) is 23.4 Å². The van der Waals surface area contributed by atoms with E-state index < -0.39 is 21.8 Å². The van der Waals surface area contributed by atoms with Crippen LogP contribution in [0.3, 0.4) is 0 Å². The van der Waals surface area contributed by atoms with Gasteiger partial charge in [0.05, 0.1) is 16.7 Å². The van der Waals surface area contributed by atoms with Gasteiger partial charge in [0.15, 0.2) is 5.12 Å². The van der Waals surface area contributed by atoms with Crippen molar-refractivity contribution in [1.29, 1.82) is 0 Å². The molecule has 0 spiro atoms. The lowest BCUT2D eigenvalue weighted by Crippen LogP contribution is -2.57. The third-order valence-corrected chi connectivity index (χ3v) is 4.60. The molecule has 8 nitrogen and oxygen atoms in total. The molecule has 2 atom stereocenters. The molecule has 1 aliphatic heterocycles. The third-order valence-electron chi connectivity index (χ3n) is 3.22. The first-order chi connectivity index (χ1) is 11.3. The van der Waals surface area contributed by atoms with Gasteiger partial charge in [-0.25, -0.2) is 4.79 Å². The molecule has 0 bridgehead atoms. The van der Waals surface area contributed by atoms with Crippen LogP contribution in [0.15, 0.2) is 24.3 Å². The van der Waals surface area contributed by atoms with Gasteiger partial charge in [-0.05, 0) is 17.7 Å². The second-order valence-corrected chi connectivity index (χ2v) is 6.70. The minimum atomic E-state index is -1.32. The maximum atomic E-state index is 12.0. The van der Waals surface area contributed by atoms with Gasteiger partial charge >= 0.3 is 5.97 Å². The Morgan fingerprint density at radius 1 is 1.46 bits per heavy atom. The quantitative estimate of drug-likeness (QED) is 0.188. The predicted molar refractivity (Wildman–Crippen MR) is 86.1 cm³/mol. The third kappa shape index (κ3) is 4.24. The average Bonchev–Trinajstić information content (AvgIpc) is 2.51. The lowest BCUT2D eigenvalue weighted by Gasteiger charge is -2.40. The van der Waals surface area contributed by atoms with Crippen LogP contribution in [0.5, 0.6) is 0 Å². The van der Waals surface area contributed by atoms with E-state index in [2.05, 4.69) is 0 Å². The molecule has 1 heterocycles. The number of non-ortho nitro benzene ring substituents is 1. The molecule has 128 valence electrons. The minimum Gasteiger partial charge on any atom is -0.458 e. The Kier molecular flexibility index (Phi) is 5.79. The number of nitro benzene ring substituents is 1. The summed E-state index contributed by atoms with van der Waals surface area (Å²) in [7, 11) is 0. The summed E-state index contributed by atoms with van der Waals surface area (Å²) >= 11 is 6.88. The number of amides is 1. The van der Waals surface area contributed by atoms with Crippen LogP contribution in [-0.4, -0.2) is 37.7 Å². The highest BCUT2D eigenvalue weighted by atomic mass is 35.5. The number of ether oxygens (including phenoxy) is 1. The zero-order valence-electron chi connectivity index (χ0n) is 12.5. The van der Waals surface area contributed by atoms with Gasteiger partial charge in [0.25, 0.3) is 5.69 Å². The monoisotopic (exact) mass is 372 g/mol. The van der Waals surface area contributed by atoms with Crippen molar-refractivity contribution in [3.05, 3.63) is 39.9 Å². The molecular formula is C14H13ClN2O6S. The molecular weight excluding hydrogens is 360 g/mol. The van der Waals surface area contributed by atoms with Crippen LogP contribution >= 0.6 is 23.4 Å². The summed E-state index contributed by atoms with van der Waals surface area (Å²) in [4.78, 5) is 45.8. The fraction of sp³-hybridized carbons (Fsp3) is 0.357. The molecule has 1 aliphatic rings. The van der Waals surface area contributed by atoms with Gasteiger partial charge in [-0.15, -0.1) is 0 Å². The number of nitro groups is 1. The van der Waals surface area contributed by atoms with Crippen molar-refractivity contribution >= 4 is 46.0 Å². The Bertz CT molecular complexity index is 680. The van der Waals surface area contributed by atoms with Crippen molar-refractivity contribution in [2.75, 3.05) is 0 Å². The van der Waals surface area contributed by atoms with Gasteiger partial charge in [0.1, 0.15) is 6.61 Å². The summed E-state index contributed by atoms with van der Waals surface area (Å²) in [5.74, 6) is -1.15. The van der Waals surface area contributed by atoms with E-state index in [0.717, 1.165) is 16.7 Å². The van der Waals surface area contributed by atoms with Crippen molar-refractivity contribution < 1.29 is 24.0 Å². The number of esters is 1. The van der Waals surface area contributed by atoms with Crippen LogP contribution < -0.4 is 0 Å². The highest BCUT2D eigenvalue weighted by Gasteiger charge is 2.44. The number of hydrogen-bond acceptors (Lipinski definition) is 7. The van der Waals surface area contributed by atoms with E-state index >= 15 is 0 Å². The number of halogens is 1. The van der Waals surface area contributed by atoms with Crippen molar-refractivity contribution in [2.45, 2.75) is 30.8 Å². The number of β-lactam (4-membered cyclic amide) rings is 1. The van der Waals surface area contributed by atoms with Crippen LogP contribution in [0.2, 0.25) is 0 Å². The number of benzene rings is 1. The lowest BCUT2D eigenvalue weighted by molar-refractivity contribution is -0.384. The standard InChI is InChI=1S/C14H13ClN2O6S/c1-8(18)24-12-6-11(19)16(12)13(15)14(20)23-7-9-2-4-10(5-3-9)17(21)22/h2-5,12-13H,6-7H2,1H3/t12-,13?/m1/s1.